The number of nitrogens with one attached hydrogen (secondary N) is 1. The van der Waals surface area contributed by atoms with Crippen LogP contribution in [0, 0.1) is 0 Å². The molecule has 1 atom stereocenters. The van der Waals surface area contributed by atoms with Crippen molar-refractivity contribution < 1.29 is 13.6 Å². The molecule has 0 saturated carbocycles. The smallest absolute Gasteiger partial charge is 0.151 e. The van der Waals surface area contributed by atoms with E-state index in [2.05, 4.69) is 0 Å². The molecule has 0 aromatic carbocycles. The molecule has 1 rings (SSSR count). The Morgan fingerprint density at radius 3 is 2.44 bits per heavy atom. The summed E-state index contributed by atoms with van der Waals surface area (Å²) in [6.07, 6.45) is 0.527. The summed E-state index contributed by atoms with van der Waals surface area (Å²) in [7, 11) is -2.83. The van der Waals surface area contributed by atoms with E-state index in [9.17, 15) is 8.42 Å². The molecule has 0 spiro atoms. The molecule has 0 aromatic heterocycles. The lowest BCUT2D eigenvalue weighted by Gasteiger charge is -2.00. The maximum atomic E-state index is 10.6. The molecule has 9 heavy (non-hydrogen) atoms. The Balaban J connectivity index is 2.58. The quantitative estimate of drug-likeness (QED) is 0.479. The molecule has 4 nitrogen and oxygen atoms in total. The van der Waals surface area contributed by atoms with E-state index in [0.717, 1.165) is 0 Å². The van der Waals surface area contributed by atoms with Gasteiger partial charge in [0.2, 0.25) is 0 Å². The second kappa shape index (κ2) is 2.24. The minimum absolute atomic E-state index is 0.0729. The highest BCUT2D eigenvalue weighted by atomic mass is 32.2. The highest BCUT2D eigenvalue weighted by Crippen LogP contribution is 2.09. The van der Waals surface area contributed by atoms with Crippen LogP contribution in [0.3, 0.4) is 0 Å². The van der Waals surface area contributed by atoms with E-state index in [-0.39, 0.29) is 17.5 Å². The molecule has 1 aliphatic rings. The zero-order chi connectivity index (χ0) is 6.91. The van der Waals surface area contributed by atoms with Crippen LogP contribution in [0.25, 0.3) is 0 Å². The SMILES string of the molecule is O=S1(=O)CC[C@@H](NO)C1. The molecule has 1 heterocycles. The molecular formula is C4H9NO3S. The molecule has 0 aromatic rings. The maximum absolute atomic E-state index is 10.6. The Kier molecular flexibility index (Phi) is 1.74. The van der Waals surface area contributed by atoms with Crippen LogP contribution in [-0.2, 0) is 9.84 Å². The van der Waals surface area contributed by atoms with E-state index in [1.54, 1.807) is 0 Å². The largest absolute Gasteiger partial charge is 0.317 e. The van der Waals surface area contributed by atoms with Crippen molar-refractivity contribution in [1.29, 1.82) is 0 Å². The van der Waals surface area contributed by atoms with Gasteiger partial charge in [-0.25, -0.2) is 13.9 Å². The van der Waals surface area contributed by atoms with Gasteiger partial charge in [-0.3, -0.25) is 0 Å². The van der Waals surface area contributed by atoms with Crippen molar-refractivity contribution in [3.8, 4) is 0 Å². The maximum Gasteiger partial charge on any atom is 0.151 e. The molecule has 5 heteroatoms. The molecule has 0 amide bonds. The second-order valence-electron chi connectivity index (χ2n) is 2.23. The van der Waals surface area contributed by atoms with Crippen LogP contribution >= 0.6 is 0 Å². The fourth-order valence-corrected chi connectivity index (χ4v) is 2.56. The molecule has 1 saturated heterocycles. The van der Waals surface area contributed by atoms with E-state index in [4.69, 9.17) is 5.21 Å². The van der Waals surface area contributed by atoms with Gasteiger partial charge in [0.25, 0.3) is 0 Å². The summed E-state index contributed by atoms with van der Waals surface area (Å²) >= 11 is 0. The fraction of sp³-hybridized carbons (Fsp3) is 1.00. The molecule has 1 fully saturated rings. The van der Waals surface area contributed by atoms with Gasteiger partial charge in [-0.2, -0.15) is 0 Å². The lowest BCUT2D eigenvalue weighted by atomic mass is 10.3. The zero-order valence-corrected chi connectivity index (χ0v) is 5.69. The predicted octanol–water partition coefficient (Wildman–Crippen LogP) is -0.848. The minimum Gasteiger partial charge on any atom is -0.317 e. The van der Waals surface area contributed by atoms with E-state index in [1.807, 2.05) is 5.48 Å². The molecular weight excluding hydrogens is 142 g/mol. The summed E-state index contributed by atoms with van der Waals surface area (Å²) in [6, 6.07) is -0.241. The summed E-state index contributed by atoms with van der Waals surface area (Å²) in [6.45, 7) is 0. The Hall–Kier alpha value is -0.130. The van der Waals surface area contributed by atoms with Crippen LogP contribution in [-0.4, -0.2) is 31.2 Å². The van der Waals surface area contributed by atoms with Crippen LogP contribution in [0.15, 0.2) is 0 Å². The van der Waals surface area contributed by atoms with Crippen LogP contribution in [0.4, 0.5) is 0 Å². The van der Waals surface area contributed by atoms with Crippen molar-refractivity contribution in [3.05, 3.63) is 0 Å². The standard InChI is InChI=1S/C4H9NO3S/c6-5-4-1-2-9(7,8)3-4/h4-6H,1-3H2/t4-/m1/s1. The van der Waals surface area contributed by atoms with Gasteiger partial charge in [0.05, 0.1) is 11.5 Å². The first-order chi connectivity index (χ1) is 4.14. The number of hydroxylamine groups is 1. The van der Waals surface area contributed by atoms with Gasteiger partial charge >= 0.3 is 0 Å². The first kappa shape index (κ1) is 6.98. The number of sulfone groups is 1. The summed E-state index contributed by atoms with van der Waals surface area (Å²) in [5.74, 6) is 0.273. The lowest BCUT2D eigenvalue weighted by molar-refractivity contribution is 0.135. The zero-order valence-electron chi connectivity index (χ0n) is 4.87. The average molecular weight is 151 g/mol. The first-order valence-electron chi connectivity index (χ1n) is 2.74. The van der Waals surface area contributed by atoms with Gasteiger partial charge in [-0.15, -0.1) is 0 Å². The van der Waals surface area contributed by atoms with Gasteiger partial charge in [0, 0.05) is 6.04 Å². The van der Waals surface area contributed by atoms with Crippen LogP contribution in [0.2, 0.25) is 0 Å². The lowest BCUT2D eigenvalue weighted by Crippen LogP contribution is -2.26. The fourth-order valence-electron chi connectivity index (χ4n) is 0.897. The van der Waals surface area contributed by atoms with E-state index in [1.165, 1.54) is 0 Å². The Labute approximate surface area is 53.8 Å². The van der Waals surface area contributed by atoms with Crippen molar-refractivity contribution in [2.24, 2.45) is 0 Å². The molecule has 0 radical (unpaired) electrons. The van der Waals surface area contributed by atoms with Gasteiger partial charge in [0.1, 0.15) is 0 Å². The van der Waals surface area contributed by atoms with Gasteiger partial charge in [-0.05, 0) is 6.42 Å². The van der Waals surface area contributed by atoms with Crippen molar-refractivity contribution >= 4 is 9.84 Å². The summed E-state index contributed by atoms with van der Waals surface area (Å²) in [5, 5.41) is 8.28. The van der Waals surface area contributed by atoms with Crippen LogP contribution in [0.5, 0.6) is 0 Å². The van der Waals surface area contributed by atoms with Crippen molar-refractivity contribution in [2.75, 3.05) is 11.5 Å². The van der Waals surface area contributed by atoms with E-state index < -0.39 is 9.84 Å². The summed E-state index contributed by atoms with van der Waals surface area (Å²) in [5.41, 5.74) is 1.94. The molecule has 0 unspecified atom stereocenters. The molecule has 54 valence electrons. The third-order valence-corrected chi connectivity index (χ3v) is 3.18. The summed E-state index contributed by atoms with van der Waals surface area (Å²) < 4.78 is 21.3. The van der Waals surface area contributed by atoms with E-state index in [0.29, 0.717) is 6.42 Å². The Bertz CT molecular complexity index is 186. The van der Waals surface area contributed by atoms with Gasteiger partial charge in [-0.1, -0.05) is 0 Å². The molecule has 1 aliphatic heterocycles. The normalized spacial score (nSPS) is 32.8. The van der Waals surface area contributed by atoms with Crippen molar-refractivity contribution in [3.63, 3.8) is 0 Å². The Morgan fingerprint density at radius 2 is 2.22 bits per heavy atom. The number of rotatable bonds is 1. The monoisotopic (exact) mass is 151 g/mol. The van der Waals surface area contributed by atoms with Gasteiger partial charge < -0.3 is 5.21 Å². The van der Waals surface area contributed by atoms with Crippen LogP contribution < -0.4 is 5.48 Å². The van der Waals surface area contributed by atoms with Crippen molar-refractivity contribution in [2.45, 2.75) is 12.5 Å². The molecule has 0 bridgehead atoms. The topological polar surface area (TPSA) is 66.4 Å². The van der Waals surface area contributed by atoms with Crippen molar-refractivity contribution in [1.82, 2.24) is 5.48 Å². The van der Waals surface area contributed by atoms with Gasteiger partial charge in [0.15, 0.2) is 9.84 Å². The highest BCUT2D eigenvalue weighted by molar-refractivity contribution is 7.91. The number of hydrogen-bond donors (Lipinski definition) is 2. The number of hydrogen-bond acceptors (Lipinski definition) is 4. The third-order valence-electron chi connectivity index (χ3n) is 1.42. The second-order valence-corrected chi connectivity index (χ2v) is 4.46. The van der Waals surface area contributed by atoms with E-state index >= 15 is 0 Å². The highest BCUT2D eigenvalue weighted by Gasteiger charge is 2.26. The third kappa shape index (κ3) is 1.64. The minimum atomic E-state index is -2.83. The average Bonchev–Trinajstić information content (AvgIpc) is 2.10. The molecule has 0 aliphatic carbocycles. The molecule has 2 N–H and O–H groups in total. The summed E-state index contributed by atoms with van der Waals surface area (Å²) in [4.78, 5) is 0. The Morgan fingerprint density at radius 1 is 1.56 bits per heavy atom. The predicted molar refractivity (Wildman–Crippen MR) is 32.0 cm³/mol. The van der Waals surface area contributed by atoms with Crippen LogP contribution in [0.1, 0.15) is 6.42 Å². The first-order valence-corrected chi connectivity index (χ1v) is 4.56.